The summed E-state index contributed by atoms with van der Waals surface area (Å²) in [7, 11) is 0. The van der Waals surface area contributed by atoms with Gasteiger partial charge in [0.05, 0.1) is 17.6 Å². The monoisotopic (exact) mass is 223 g/mol. The highest BCUT2D eigenvalue weighted by molar-refractivity contribution is 5.75. The number of ether oxygens (including phenoxy) is 1. The Morgan fingerprint density at radius 2 is 2.25 bits per heavy atom. The van der Waals surface area contributed by atoms with Crippen molar-refractivity contribution < 1.29 is 14.5 Å². The number of nitrogens with zero attached hydrogens (tertiary/aromatic N) is 1. The van der Waals surface area contributed by atoms with Crippen molar-refractivity contribution in [2.24, 2.45) is 0 Å². The molecule has 0 aromatic heterocycles. The van der Waals surface area contributed by atoms with Gasteiger partial charge in [-0.1, -0.05) is 6.07 Å². The van der Waals surface area contributed by atoms with E-state index in [2.05, 4.69) is 0 Å². The van der Waals surface area contributed by atoms with Crippen LogP contribution in [0.4, 0.5) is 5.69 Å². The van der Waals surface area contributed by atoms with E-state index in [4.69, 9.17) is 4.74 Å². The number of carbonyl (C=O) groups is 1. The number of Topliss-reactive ketones (excluding diaryl/α,β-unsaturated/α-hetero) is 1. The van der Waals surface area contributed by atoms with E-state index < -0.39 is 4.92 Å². The van der Waals surface area contributed by atoms with Crippen LogP contribution in [-0.2, 0) is 4.79 Å². The molecule has 0 fully saturated rings. The summed E-state index contributed by atoms with van der Waals surface area (Å²) < 4.78 is 5.29. The highest BCUT2D eigenvalue weighted by Crippen LogP contribution is 2.19. The Morgan fingerprint density at radius 1 is 1.50 bits per heavy atom. The standard InChI is InChI=1S/C11H13NO4/c1-9(13)4-3-7-16-11-6-2-5-10(8-11)12(14)15/h2,5-6,8H,3-4,7H2,1H3. The van der Waals surface area contributed by atoms with Crippen molar-refractivity contribution in [1.29, 1.82) is 0 Å². The summed E-state index contributed by atoms with van der Waals surface area (Å²) in [5, 5.41) is 10.5. The molecule has 0 amide bonds. The summed E-state index contributed by atoms with van der Waals surface area (Å²) >= 11 is 0. The molecule has 16 heavy (non-hydrogen) atoms. The number of carbonyl (C=O) groups excluding carboxylic acids is 1. The molecule has 0 aliphatic rings. The first-order valence-corrected chi connectivity index (χ1v) is 4.96. The average Bonchev–Trinajstić information content (AvgIpc) is 2.24. The van der Waals surface area contributed by atoms with E-state index in [9.17, 15) is 14.9 Å². The Bertz CT molecular complexity index is 389. The Hall–Kier alpha value is -1.91. The molecule has 0 saturated heterocycles. The van der Waals surface area contributed by atoms with Crippen LogP contribution in [0.3, 0.4) is 0 Å². The SMILES string of the molecule is CC(=O)CCCOc1cccc([N+](=O)[O-])c1. The van der Waals surface area contributed by atoms with Crippen LogP contribution in [0, 0.1) is 10.1 Å². The maximum absolute atomic E-state index is 10.7. The minimum atomic E-state index is -0.470. The second kappa shape index (κ2) is 5.85. The number of benzene rings is 1. The Labute approximate surface area is 93.2 Å². The Kier molecular flexibility index (Phi) is 4.44. The number of rotatable bonds is 6. The fraction of sp³-hybridized carbons (Fsp3) is 0.364. The molecule has 1 aromatic carbocycles. The van der Waals surface area contributed by atoms with E-state index >= 15 is 0 Å². The second-order valence-corrected chi connectivity index (χ2v) is 3.41. The van der Waals surface area contributed by atoms with Gasteiger partial charge in [-0.15, -0.1) is 0 Å². The van der Waals surface area contributed by atoms with Gasteiger partial charge in [0.2, 0.25) is 0 Å². The van der Waals surface area contributed by atoms with E-state index in [0.717, 1.165) is 0 Å². The van der Waals surface area contributed by atoms with Gasteiger partial charge in [0, 0.05) is 12.5 Å². The number of ketones is 1. The van der Waals surface area contributed by atoms with Crippen molar-refractivity contribution in [1.82, 2.24) is 0 Å². The first-order valence-electron chi connectivity index (χ1n) is 4.96. The van der Waals surface area contributed by atoms with Gasteiger partial charge in [-0.2, -0.15) is 0 Å². The molecule has 0 heterocycles. The molecule has 1 rings (SSSR count). The first kappa shape index (κ1) is 12.2. The number of nitro groups is 1. The number of non-ortho nitro benzene ring substituents is 1. The summed E-state index contributed by atoms with van der Waals surface area (Å²) in [5.74, 6) is 0.570. The normalized spacial score (nSPS) is 9.81. The van der Waals surface area contributed by atoms with Gasteiger partial charge in [-0.25, -0.2) is 0 Å². The van der Waals surface area contributed by atoms with E-state index in [1.54, 1.807) is 12.1 Å². The van der Waals surface area contributed by atoms with Crippen molar-refractivity contribution >= 4 is 11.5 Å². The molecule has 0 radical (unpaired) electrons. The van der Waals surface area contributed by atoms with Crippen LogP contribution in [0.25, 0.3) is 0 Å². The van der Waals surface area contributed by atoms with E-state index in [-0.39, 0.29) is 11.5 Å². The Morgan fingerprint density at radius 3 is 2.88 bits per heavy atom. The summed E-state index contributed by atoms with van der Waals surface area (Å²) in [6.45, 7) is 1.91. The minimum Gasteiger partial charge on any atom is -0.493 e. The topological polar surface area (TPSA) is 69.4 Å². The molecule has 86 valence electrons. The second-order valence-electron chi connectivity index (χ2n) is 3.41. The quantitative estimate of drug-likeness (QED) is 0.421. The predicted octanol–water partition coefficient (Wildman–Crippen LogP) is 2.34. The third-order valence-electron chi connectivity index (χ3n) is 1.97. The third-order valence-corrected chi connectivity index (χ3v) is 1.97. The molecule has 0 aliphatic heterocycles. The minimum absolute atomic E-state index is 0.00377. The van der Waals surface area contributed by atoms with Crippen LogP contribution >= 0.6 is 0 Å². The molecule has 5 heteroatoms. The maximum Gasteiger partial charge on any atom is 0.273 e. The lowest BCUT2D eigenvalue weighted by molar-refractivity contribution is -0.384. The van der Waals surface area contributed by atoms with Crippen LogP contribution in [0.1, 0.15) is 19.8 Å². The van der Waals surface area contributed by atoms with Crippen molar-refractivity contribution in [3.8, 4) is 5.75 Å². The van der Waals surface area contributed by atoms with Crippen LogP contribution in [0.2, 0.25) is 0 Å². The maximum atomic E-state index is 10.7. The van der Waals surface area contributed by atoms with Crippen molar-refractivity contribution in [3.63, 3.8) is 0 Å². The molecule has 0 atom stereocenters. The largest absolute Gasteiger partial charge is 0.493 e. The fourth-order valence-electron chi connectivity index (χ4n) is 1.20. The van der Waals surface area contributed by atoms with Gasteiger partial charge >= 0.3 is 0 Å². The molecule has 0 spiro atoms. The van der Waals surface area contributed by atoms with Gasteiger partial charge in [0.15, 0.2) is 0 Å². The average molecular weight is 223 g/mol. The zero-order valence-electron chi connectivity index (χ0n) is 9.01. The Balaban J connectivity index is 2.45. The molecule has 0 bridgehead atoms. The summed E-state index contributed by atoms with van der Waals surface area (Å²) in [6, 6.07) is 6.00. The zero-order chi connectivity index (χ0) is 12.0. The lowest BCUT2D eigenvalue weighted by Gasteiger charge is -2.04. The fourth-order valence-corrected chi connectivity index (χ4v) is 1.20. The predicted molar refractivity (Wildman–Crippen MR) is 58.5 cm³/mol. The molecular weight excluding hydrogens is 210 g/mol. The van der Waals surface area contributed by atoms with E-state index in [1.165, 1.54) is 19.1 Å². The molecule has 0 saturated carbocycles. The van der Waals surface area contributed by atoms with Crippen LogP contribution in [0.15, 0.2) is 24.3 Å². The van der Waals surface area contributed by atoms with Crippen molar-refractivity contribution in [2.75, 3.05) is 6.61 Å². The molecule has 5 nitrogen and oxygen atoms in total. The number of hydrogen-bond donors (Lipinski definition) is 0. The molecule has 0 aliphatic carbocycles. The molecule has 0 unspecified atom stereocenters. The van der Waals surface area contributed by atoms with Crippen LogP contribution in [-0.4, -0.2) is 17.3 Å². The van der Waals surface area contributed by atoms with Gasteiger partial charge in [-0.05, 0) is 19.4 Å². The summed E-state index contributed by atoms with van der Waals surface area (Å²) in [5.41, 5.74) is 0.00377. The molecular formula is C11H13NO4. The number of nitro benzene ring substituents is 1. The smallest absolute Gasteiger partial charge is 0.273 e. The third kappa shape index (κ3) is 4.08. The highest BCUT2D eigenvalue weighted by Gasteiger charge is 2.05. The van der Waals surface area contributed by atoms with Crippen LogP contribution in [0.5, 0.6) is 5.75 Å². The zero-order valence-corrected chi connectivity index (χ0v) is 9.01. The van der Waals surface area contributed by atoms with E-state index in [1.807, 2.05) is 0 Å². The van der Waals surface area contributed by atoms with Crippen molar-refractivity contribution in [2.45, 2.75) is 19.8 Å². The van der Waals surface area contributed by atoms with E-state index in [0.29, 0.717) is 25.2 Å². The number of hydrogen-bond acceptors (Lipinski definition) is 4. The van der Waals surface area contributed by atoms with Gasteiger partial charge < -0.3 is 9.53 Å². The molecule has 0 N–H and O–H groups in total. The lowest BCUT2D eigenvalue weighted by atomic mass is 10.2. The van der Waals surface area contributed by atoms with Gasteiger partial charge in [0.25, 0.3) is 5.69 Å². The lowest BCUT2D eigenvalue weighted by Crippen LogP contribution is -2.00. The van der Waals surface area contributed by atoms with Gasteiger partial charge in [0.1, 0.15) is 11.5 Å². The molecule has 1 aromatic rings. The highest BCUT2D eigenvalue weighted by atomic mass is 16.6. The summed E-state index contributed by atoms with van der Waals surface area (Å²) in [6.07, 6.45) is 1.09. The first-order chi connectivity index (χ1) is 7.59. The van der Waals surface area contributed by atoms with Crippen molar-refractivity contribution in [3.05, 3.63) is 34.4 Å². The summed E-state index contributed by atoms with van der Waals surface area (Å²) in [4.78, 5) is 20.7. The van der Waals surface area contributed by atoms with Gasteiger partial charge in [-0.3, -0.25) is 10.1 Å². The van der Waals surface area contributed by atoms with Crippen LogP contribution < -0.4 is 4.74 Å².